The highest BCUT2D eigenvalue weighted by Gasteiger charge is 2.07. The molecule has 0 atom stereocenters. The molecule has 0 heterocycles. The number of carbonyl (C=O) groups is 1. The summed E-state index contributed by atoms with van der Waals surface area (Å²) in [5.74, 6) is 0.427. The van der Waals surface area contributed by atoms with Gasteiger partial charge in [0.05, 0.1) is 6.61 Å². The van der Waals surface area contributed by atoms with Crippen LogP contribution in [0, 0.1) is 0 Å². The van der Waals surface area contributed by atoms with Crippen LogP contribution in [0.25, 0.3) is 0 Å². The Bertz CT molecular complexity index is 474. The molecule has 1 aromatic rings. The van der Waals surface area contributed by atoms with Gasteiger partial charge in [-0.25, -0.2) is 0 Å². The van der Waals surface area contributed by atoms with Crippen LogP contribution in [0.4, 0.5) is 0 Å². The quantitative estimate of drug-likeness (QED) is 0.436. The lowest BCUT2D eigenvalue weighted by Crippen LogP contribution is -2.39. The molecule has 114 valence electrons. The molecular weight excluding hydrogens is 288 g/mol. The number of hydrogen-bond donors (Lipinski definition) is 2. The first-order valence-corrected chi connectivity index (χ1v) is 7.09. The van der Waals surface area contributed by atoms with Crippen molar-refractivity contribution in [2.24, 2.45) is 0 Å². The maximum absolute atomic E-state index is 11.9. The van der Waals surface area contributed by atoms with E-state index in [1.807, 2.05) is 6.92 Å². The predicted molar refractivity (Wildman–Crippen MR) is 86.7 cm³/mol. The number of carbonyl (C=O) groups excluding carboxylic acids is 1. The first-order chi connectivity index (χ1) is 10.2. The lowest BCUT2D eigenvalue weighted by Gasteiger charge is -2.09. The van der Waals surface area contributed by atoms with E-state index in [4.69, 9.17) is 21.7 Å². The normalized spacial score (nSPS) is 9.76. The van der Waals surface area contributed by atoms with Crippen LogP contribution in [-0.4, -0.2) is 37.4 Å². The number of rotatable bonds is 8. The fraction of sp³-hybridized carbons (Fsp3) is 0.333. The monoisotopic (exact) mass is 308 g/mol. The van der Waals surface area contributed by atoms with Gasteiger partial charge in [-0.2, -0.15) is 0 Å². The number of amides is 1. The van der Waals surface area contributed by atoms with Gasteiger partial charge in [-0.15, -0.1) is 6.58 Å². The van der Waals surface area contributed by atoms with Crippen LogP contribution in [0.15, 0.2) is 36.9 Å². The summed E-state index contributed by atoms with van der Waals surface area (Å²) in [6.07, 6.45) is 1.66. The van der Waals surface area contributed by atoms with Crippen LogP contribution in [0.2, 0.25) is 0 Å². The van der Waals surface area contributed by atoms with Crippen LogP contribution in [0.3, 0.4) is 0 Å². The summed E-state index contributed by atoms with van der Waals surface area (Å²) in [6.45, 7) is 7.69. The summed E-state index contributed by atoms with van der Waals surface area (Å²) < 4.78 is 10.6. The second-order valence-corrected chi connectivity index (χ2v) is 4.43. The molecule has 0 saturated heterocycles. The van der Waals surface area contributed by atoms with E-state index in [2.05, 4.69) is 17.2 Å². The van der Waals surface area contributed by atoms with Crippen molar-refractivity contribution in [2.75, 3.05) is 26.4 Å². The average Bonchev–Trinajstić information content (AvgIpc) is 2.50. The Morgan fingerprint density at radius 3 is 2.67 bits per heavy atom. The van der Waals surface area contributed by atoms with Gasteiger partial charge in [-0.3, -0.25) is 10.1 Å². The SMILES string of the molecule is C=CCNC(=S)NC(=O)c1ccc(OCCOCC)cc1. The molecule has 1 amide bonds. The summed E-state index contributed by atoms with van der Waals surface area (Å²) >= 11 is 4.97. The van der Waals surface area contributed by atoms with Crippen molar-refractivity contribution in [3.8, 4) is 5.75 Å². The van der Waals surface area contributed by atoms with Crippen molar-refractivity contribution in [1.29, 1.82) is 0 Å². The molecular formula is C15H20N2O3S. The third-order valence-corrected chi connectivity index (χ3v) is 2.70. The molecule has 6 heteroatoms. The molecule has 0 aliphatic rings. The van der Waals surface area contributed by atoms with E-state index in [0.717, 1.165) is 0 Å². The first-order valence-electron chi connectivity index (χ1n) is 6.68. The van der Waals surface area contributed by atoms with Gasteiger partial charge in [0.2, 0.25) is 0 Å². The second-order valence-electron chi connectivity index (χ2n) is 4.02. The van der Waals surface area contributed by atoms with Gasteiger partial charge < -0.3 is 14.8 Å². The Labute approximate surface area is 130 Å². The molecule has 0 saturated carbocycles. The molecule has 0 aliphatic carbocycles. The molecule has 5 nitrogen and oxygen atoms in total. The summed E-state index contributed by atoms with van der Waals surface area (Å²) in [7, 11) is 0. The van der Waals surface area contributed by atoms with E-state index in [-0.39, 0.29) is 11.0 Å². The highest BCUT2D eigenvalue weighted by Crippen LogP contribution is 2.12. The smallest absolute Gasteiger partial charge is 0.257 e. The van der Waals surface area contributed by atoms with Crippen LogP contribution in [-0.2, 0) is 4.74 Å². The van der Waals surface area contributed by atoms with Crippen LogP contribution in [0.5, 0.6) is 5.75 Å². The zero-order valence-corrected chi connectivity index (χ0v) is 12.9. The van der Waals surface area contributed by atoms with Gasteiger partial charge in [-0.1, -0.05) is 6.08 Å². The van der Waals surface area contributed by atoms with E-state index in [1.54, 1.807) is 30.3 Å². The van der Waals surface area contributed by atoms with Crippen molar-refractivity contribution in [3.05, 3.63) is 42.5 Å². The third-order valence-electron chi connectivity index (χ3n) is 2.45. The molecule has 0 aliphatic heterocycles. The van der Waals surface area contributed by atoms with E-state index in [0.29, 0.717) is 37.7 Å². The second kappa shape index (κ2) is 9.90. The molecule has 0 radical (unpaired) electrons. The molecule has 21 heavy (non-hydrogen) atoms. The third kappa shape index (κ3) is 6.87. The topological polar surface area (TPSA) is 59.6 Å². The van der Waals surface area contributed by atoms with Crippen molar-refractivity contribution in [2.45, 2.75) is 6.92 Å². The Morgan fingerprint density at radius 1 is 1.33 bits per heavy atom. The minimum Gasteiger partial charge on any atom is -0.491 e. The first kappa shape index (κ1) is 17.1. The van der Waals surface area contributed by atoms with Crippen molar-refractivity contribution in [1.82, 2.24) is 10.6 Å². The highest BCUT2D eigenvalue weighted by atomic mass is 32.1. The molecule has 0 aromatic heterocycles. The maximum Gasteiger partial charge on any atom is 0.257 e. The maximum atomic E-state index is 11.9. The molecule has 0 bridgehead atoms. The van der Waals surface area contributed by atoms with Gasteiger partial charge in [0.25, 0.3) is 5.91 Å². The summed E-state index contributed by atoms with van der Waals surface area (Å²) in [6, 6.07) is 6.84. The zero-order chi connectivity index (χ0) is 15.5. The molecule has 1 aromatic carbocycles. The Balaban J connectivity index is 2.43. The minimum atomic E-state index is -0.266. The van der Waals surface area contributed by atoms with Crippen molar-refractivity contribution >= 4 is 23.2 Å². The number of ether oxygens (including phenoxy) is 2. The summed E-state index contributed by atoms with van der Waals surface area (Å²) in [5.41, 5.74) is 0.509. The number of hydrogen-bond acceptors (Lipinski definition) is 4. The predicted octanol–water partition coefficient (Wildman–Crippen LogP) is 1.89. The van der Waals surface area contributed by atoms with E-state index in [1.165, 1.54) is 0 Å². The largest absolute Gasteiger partial charge is 0.491 e. The molecule has 2 N–H and O–H groups in total. The van der Waals surface area contributed by atoms with E-state index >= 15 is 0 Å². The van der Waals surface area contributed by atoms with Gasteiger partial charge in [0.1, 0.15) is 12.4 Å². The Morgan fingerprint density at radius 2 is 2.05 bits per heavy atom. The number of thiocarbonyl (C=S) groups is 1. The lowest BCUT2D eigenvalue weighted by atomic mass is 10.2. The molecule has 1 rings (SSSR count). The lowest BCUT2D eigenvalue weighted by molar-refractivity contribution is 0.0976. The molecule has 0 spiro atoms. The van der Waals surface area contributed by atoms with Crippen molar-refractivity contribution in [3.63, 3.8) is 0 Å². The van der Waals surface area contributed by atoms with Gasteiger partial charge in [-0.05, 0) is 43.4 Å². The summed E-state index contributed by atoms with van der Waals surface area (Å²) in [5, 5.41) is 5.69. The molecule has 0 unspecified atom stereocenters. The summed E-state index contributed by atoms with van der Waals surface area (Å²) in [4.78, 5) is 11.9. The molecule has 0 fully saturated rings. The number of nitrogens with one attached hydrogen (secondary N) is 2. The zero-order valence-electron chi connectivity index (χ0n) is 12.1. The van der Waals surface area contributed by atoms with Crippen LogP contribution in [0.1, 0.15) is 17.3 Å². The highest BCUT2D eigenvalue weighted by molar-refractivity contribution is 7.80. The van der Waals surface area contributed by atoms with E-state index < -0.39 is 0 Å². The minimum absolute atomic E-state index is 0.266. The van der Waals surface area contributed by atoms with Gasteiger partial charge in [0, 0.05) is 18.7 Å². The Hall–Kier alpha value is -1.92. The fourth-order valence-corrected chi connectivity index (χ4v) is 1.63. The Kier molecular flexibility index (Phi) is 8.08. The van der Waals surface area contributed by atoms with Crippen LogP contribution >= 0.6 is 12.2 Å². The van der Waals surface area contributed by atoms with Crippen molar-refractivity contribution < 1.29 is 14.3 Å². The van der Waals surface area contributed by atoms with Gasteiger partial charge in [0.15, 0.2) is 5.11 Å². The average molecular weight is 308 g/mol. The van der Waals surface area contributed by atoms with Gasteiger partial charge >= 0.3 is 0 Å². The van der Waals surface area contributed by atoms with E-state index in [9.17, 15) is 4.79 Å². The fourth-order valence-electron chi connectivity index (χ4n) is 1.45. The number of benzene rings is 1. The van der Waals surface area contributed by atoms with Crippen LogP contribution < -0.4 is 15.4 Å². The standard InChI is InChI=1S/C15H20N2O3S/c1-3-9-16-15(21)17-14(18)12-5-7-13(8-6-12)20-11-10-19-4-2/h3,5-8H,1,4,9-11H2,2H3,(H2,16,17,18,21).